The minimum Gasteiger partial charge on any atom is -0.348 e. The Kier molecular flexibility index (Phi) is 5.18. The third-order valence-corrected chi connectivity index (χ3v) is 3.97. The van der Waals surface area contributed by atoms with E-state index >= 15 is 0 Å². The molecule has 1 N–H and O–H groups in total. The smallest absolute Gasteiger partial charge is 0.348 e. The number of aromatic nitrogens is 2. The van der Waals surface area contributed by atoms with Gasteiger partial charge in [-0.15, -0.1) is 0 Å². The molecule has 3 rings (SSSR count). The first kappa shape index (κ1) is 18.9. The highest BCUT2D eigenvalue weighted by Crippen LogP contribution is 2.33. The molecule has 9 heteroatoms. The number of hydrogen-bond acceptors (Lipinski definition) is 2. The van der Waals surface area contributed by atoms with Gasteiger partial charge in [0.15, 0.2) is 5.69 Å². The average Bonchev–Trinajstić information content (AvgIpc) is 3.07. The number of alkyl halides is 3. The highest BCUT2D eigenvalue weighted by atomic mass is 35.5. The number of amides is 1. The Morgan fingerprint density at radius 2 is 1.70 bits per heavy atom. The second-order valence-electron chi connectivity index (χ2n) is 5.60. The zero-order valence-electron chi connectivity index (χ0n) is 13.6. The number of carbonyl (C=O) groups excluding carboxylic acids is 1. The molecule has 1 amide bonds. The van der Waals surface area contributed by atoms with Gasteiger partial charge < -0.3 is 5.32 Å². The van der Waals surface area contributed by atoms with E-state index in [2.05, 4.69) is 10.4 Å². The summed E-state index contributed by atoms with van der Waals surface area (Å²) in [4.78, 5) is 12.3. The van der Waals surface area contributed by atoms with E-state index in [-0.39, 0.29) is 12.2 Å². The van der Waals surface area contributed by atoms with Crippen molar-refractivity contribution in [1.29, 1.82) is 0 Å². The zero-order chi connectivity index (χ0) is 19.6. The molecule has 2 aromatic carbocycles. The van der Waals surface area contributed by atoms with Gasteiger partial charge in [-0.05, 0) is 42.0 Å². The highest BCUT2D eigenvalue weighted by Gasteiger charge is 2.40. The number of benzene rings is 2. The van der Waals surface area contributed by atoms with E-state index in [0.29, 0.717) is 15.3 Å². The summed E-state index contributed by atoms with van der Waals surface area (Å²) in [5.74, 6) is -1.39. The molecule has 0 saturated carbocycles. The number of carbonyl (C=O) groups is 1. The molecule has 4 nitrogen and oxygen atoms in total. The first-order valence-corrected chi connectivity index (χ1v) is 8.07. The van der Waals surface area contributed by atoms with Crippen LogP contribution in [-0.4, -0.2) is 15.7 Å². The number of nitrogens with zero attached hydrogens (tertiary/aromatic N) is 2. The van der Waals surface area contributed by atoms with Crippen molar-refractivity contribution in [2.45, 2.75) is 12.7 Å². The van der Waals surface area contributed by atoms with Gasteiger partial charge >= 0.3 is 6.18 Å². The van der Waals surface area contributed by atoms with Crippen LogP contribution < -0.4 is 5.32 Å². The SMILES string of the molecule is O=C(NCc1ccc(F)cc1)c1cnn(-c2ccc(Cl)cc2)c1C(F)(F)F. The van der Waals surface area contributed by atoms with E-state index in [0.717, 1.165) is 6.20 Å². The molecular weight excluding hydrogens is 386 g/mol. The lowest BCUT2D eigenvalue weighted by atomic mass is 10.2. The lowest BCUT2D eigenvalue weighted by molar-refractivity contribution is -0.143. The Morgan fingerprint density at radius 3 is 2.30 bits per heavy atom. The minimum atomic E-state index is -4.81. The number of nitrogens with one attached hydrogen (secondary N) is 1. The quantitative estimate of drug-likeness (QED) is 0.653. The van der Waals surface area contributed by atoms with Crippen molar-refractivity contribution in [3.63, 3.8) is 0 Å². The molecule has 0 atom stereocenters. The third-order valence-electron chi connectivity index (χ3n) is 3.72. The summed E-state index contributed by atoms with van der Waals surface area (Å²) in [6.07, 6.45) is -3.95. The Morgan fingerprint density at radius 1 is 1.07 bits per heavy atom. The van der Waals surface area contributed by atoms with E-state index in [1.54, 1.807) is 0 Å². The number of rotatable bonds is 4. The first-order valence-electron chi connectivity index (χ1n) is 7.69. The van der Waals surface area contributed by atoms with Crippen LogP contribution in [0.1, 0.15) is 21.6 Å². The van der Waals surface area contributed by atoms with Gasteiger partial charge in [-0.25, -0.2) is 9.07 Å². The maximum atomic E-state index is 13.6. The molecule has 1 aromatic heterocycles. The van der Waals surface area contributed by atoms with Gasteiger partial charge in [0.05, 0.1) is 17.4 Å². The van der Waals surface area contributed by atoms with Gasteiger partial charge in [0, 0.05) is 11.6 Å². The number of halogens is 5. The van der Waals surface area contributed by atoms with Crippen LogP contribution in [0.5, 0.6) is 0 Å². The molecule has 0 aliphatic rings. The lowest BCUT2D eigenvalue weighted by Gasteiger charge is -2.13. The summed E-state index contributed by atoms with van der Waals surface area (Å²) in [5, 5.41) is 6.46. The first-order chi connectivity index (χ1) is 12.8. The van der Waals surface area contributed by atoms with Crippen molar-refractivity contribution in [2.75, 3.05) is 0 Å². The monoisotopic (exact) mass is 397 g/mol. The molecule has 27 heavy (non-hydrogen) atoms. The van der Waals surface area contributed by atoms with Crippen LogP contribution in [0.15, 0.2) is 54.7 Å². The topological polar surface area (TPSA) is 46.9 Å². The molecule has 0 spiro atoms. The molecule has 0 fully saturated rings. The maximum absolute atomic E-state index is 13.6. The second kappa shape index (κ2) is 7.40. The van der Waals surface area contributed by atoms with E-state index in [1.807, 2.05) is 0 Å². The standard InChI is InChI=1S/C18H12ClF4N3O/c19-12-3-7-14(8-4-12)26-16(18(21,22)23)15(10-25-26)17(27)24-9-11-1-5-13(20)6-2-11/h1-8,10H,9H2,(H,24,27). The molecule has 0 saturated heterocycles. The summed E-state index contributed by atoms with van der Waals surface area (Å²) in [5.41, 5.74) is -1.14. The Labute approximate surface area is 156 Å². The summed E-state index contributed by atoms with van der Waals surface area (Å²) < 4.78 is 54.2. The van der Waals surface area contributed by atoms with Crippen LogP contribution in [0.3, 0.4) is 0 Å². The highest BCUT2D eigenvalue weighted by molar-refractivity contribution is 6.30. The largest absolute Gasteiger partial charge is 0.434 e. The van der Waals surface area contributed by atoms with Crippen LogP contribution >= 0.6 is 11.6 Å². The molecule has 140 valence electrons. The van der Waals surface area contributed by atoms with Crippen LogP contribution in [-0.2, 0) is 12.7 Å². The number of hydrogen-bond donors (Lipinski definition) is 1. The van der Waals surface area contributed by atoms with Crippen molar-refractivity contribution in [3.8, 4) is 5.69 Å². The molecule has 0 radical (unpaired) electrons. The third kappa shape index (κ3) is 4.28. The molecule has 1 heterocycles. The summed E-state index contributed by atoms with van der Waals surface area (Å²) >= 11 is 5.75. The predicted octanol–water partition coefficient (Wildman–Crippen LogP) is 4.61. The molecule has 3 aromatic rings. The maximum Gasteiger partial charge on any atom is 0.434 e. The van der Waals surface area contributed by atoms with Crippen molar-refractivity contribution >= 4 is 17.5 Å². The van der Waals surface area contributed by atoms with E-state index in [1.165, 1.54) is 48.5 Å². The second-order valence-corrected chi connectivity index (χ2v) is 6.04. The van der Waals surface area contributed by atoms with Gasteiger partial charge in [0.2, 0.25) is 0 Å². The molecule has 0 unspecified atom stereocenters. The van der Waals surface area contributed by atoms with E-state index < -0.39 is 29.2 Å². The Hall–Kier alpha value is -2.87. The summed E-state index contributed by atoms with van der Waals surface area (Å²) in [7, 11) is 0. The fraction of sp³-hybridized carbons (Fsp3) is 0.111. The van der Waals surface area contributed by atoms with Gasteiger partial charge in [-0.1, -0.05) is 23.7 Å². The van der Waals surface area contributed by atoms with Crippen LogP contribution in [0.4, 0.5) is 17.6 Å². The van der Waals surface area contributed by atoms with Crippen LogP contribution in [0.2, 0.25) is 5.02 Å². The summed E-state index contributed by atoms with van der Waals surface area (Å²) in [6, 6.07) is 10.8. The van der Waals surface area contributed by atoms with Crippen molar-refractivity contribution in [1.82, 2.24) is 15.1 Å². The fourth-order valence-corrected chi connectivity index (χ4v) is 2.57. The molecule has 0 aliphatic heterocycles. The van der Waals surface area contributed by atoms with Crippen LogP contribution in [0.25, 0.3) is 5.69 Å². The normalized spacial score (nSPS) is 11.4. The van der Waals surface area contributed by atoms with E-state index in [9.17, 15) is 22.4 Å². The molecule has 0 aliphatic carbocycles. The van der Waals surface area contributed by atoms with Crippen molar-refractivity contribution < 1.29 is 22.4 Å². The average molecular weight is 398 g/mol. The predicted molar refractivity (Wildman–Crippen MR) is 91.1 cm³/mol. The van der Waals surface area contributed by atoms with Crippen molar-refractivity contribution in [3.05, 3.63) is 82.4 Å². The van der Waals surface area contributed by atoms with E-state index in [4.69, 9.17) is 11.6 Å². The van der Waals surface area contributed by atoms with Gasteiger partial charge in [-0.2, -0.15) is 18.3 Å². The zero-order valence-corrected chi connectivity index (χ0v) is 14.4. The Balaban J connectivity index is 1.89. The van der Waals surface area contributed by atoms with Crippen molar-refractivity contribution in [2.24, 2.45) is 0 Å². The lowest BCUT2D eigenvalue weighted by Crippen LogP contribution is -2.26. The van der Waals surface area contributed by atoms with Gasteiger partial charge in [0.25, 0.3) is 5.91 Å². The summed E-state index contributed by atoms with van der Waals surface area (Å²) in [6.45, 7) is -0.0530. The molecule has 0 bridgehead atoms. The minimum absolute atomic E-state index is 0.0530. The molecular formula is C18H12ClF4N3O. The fourth-order valence-electron chi connectivity index (χ4n) is 2.45. The van der Waals surface area contributed by atoms with Gasteiger partial charge in [-0.3, -0.25) is 4.79 Å². The Bertz CT molecular complexity index is 950. The van der Waals surface area contributed by atoms with Crippen LogP contribution in [0, 0.1) is 5.82 Å². The van der Waals surface area contributed by atoms with Gasteiger partial charge in [0.1, 0.15) is 5.82 Å².